The van der Waals surface area contributed by atoms with Gasteiger partial charge < -0.3 is 4.42 Å². The highest BCUT2D eigenvalue weighted by Gasteiger charge is 2.27. The summed E-state index contributed by atoms with van der Waals surface area (Å²) in [6, 6.07) is 11.6. The zero-order valence-electron chi connectivity index (χ0n) is 10.6. The van der Waals surface area contributed by atoms with Crippen LogP contribution in [0.4, 0.5) is 10.1 Å². The van der Waals surface area contributed by atoms with Crippen molar-refractivity contribution in [2.45, 2.75) is 0 Å². The Hall–Kier alpha value is -3.02. The second-order valence-electron chi connectivity index (χ2n) is 4.34. The molecule has 2 aromatic carbocycles. The predicted octanol–water partition coefficient (Wildman–Crippen LogP) is 3.51. The molecule has 0 spiro atoms. The number of rotatable bonds is 2. The van der Waals surface area contributed by atoms with Gasteiger partial charge in [-0.15, -0.1) is 0 Å². The van der Waals surface area contributed by atoms with E-state index in [9.17, 15) is 19.3 Å². The fourth-order valence-electron chi connectivity index (χ4n) is 2.13. The Morgan fingerprint density at radius 2 is 1.71 bits per heavy atom. The van der Waals surface area contributed by atoms with Crippen molar-refractivity contribution in [2.75, 3.05) is 0 Å². The van der Waals surface area contributed by atoms with Crippen molar-refractivity contribution in [3.8, 4) is 11.3 Å². The summed E-state index contributed by atoms with van der Waals surface area (Å²) in [5, 5.41) is 11.3. The highest BCUT2D eigenvalue weighted by atomic mass is 19.1. The molecule has 0 fully saturated rings. The van der Waals surface area contributed by atoms with E-state index in [1.165, 1.54) is 30.3 Å². The van der Waals surface area contributed by atoms with E-state index in [1.54, 1.807) is 12.1 Å². The maximum atomic E-state index is 13.9. The lowest BCUT2D eigenvalue weighted by atomic mass is 10.1. The van der Waals surface area contributed by atoms with Crippen molar-refractivity contribution in [1.82, 2.24) is 0 Å². The van der Waals surface area contributed by atoms with Crippen LogP contribution in [-0.2, 0) is 0 Å². The Labute approximate surface area is 117 Å². The minimum atomic E-state index is -0.847. The van der Waals surface area contributed by atoms with E-state index in [4.69, 9.17) is 4.42 Å². The molecule has 0 aliphatic carbocycles. The highest BCUT2D eigenvalue weighted by Crippen LogP contribution is 2.31. The molecule has 6 heteroatoms. The molecule has 0 unspecified atom stereocenters. The molecule has 0 atom stereocenters. The Balaban J connectivity index is 2.47. The average Bonchev–Trinajstić information content (AvgIpc) is 2.47. The Morgan fingerprint density at radius 1 is 1.05 bits per heavy atom. The molecule has 0 radical (unpaired) electrons. The van der Waals surface area contributed by atoms with Crippen molar-refractivity contribution in [3.05, 3.63) is 74.7 Å². The van der Waals surface area contributed by atoms with Crippen molar-refractivity contribution >= 4 is 16.7 Å². The zero-order valence-corrected chi connectivity index (χ0v) is 10.6. The summed E-state index contributed by atoms with van der Waals surface area (Å²) in [6.45, 7) is 0. The molecule has 0 saturated heterocycles. The first kappa shape index (κ1) is 13.0. The summed E-state index contributed by atoms with van der Waals surface area (Å²) in [5.41, 5.74) is -1.50. The minimum absolute atomic E-state index is 0.0873. The van der Waals surface area contributed by atoms with Gasteiger partial charge in [0.2, 0.25) is 5.76 Å². The average molecular weight is 285 g/mol. The van der Waals surface area contributed by atoms with E-state index in [0.717, 1.165) is 6.07 Å². The van der Waals surface area contributed by atoms with E-state index in [2.05, 4.69) is 0 Å². The third-order valence-corrected chi connectivity index (χ3v) is 3.07. The maximum absolute atomic E-state index is 13.9. The topological polar surface area (TPSA) is 73.3 Å². The van der Waals surface area contributed by atoms with Gasteiger partial charge in [-0.1, -0.05) is 24.3 Å². The first-order chi connectivity index (χ1) is 10.1. The summed E-state index contributed by atoms with van der Waals surface area (Å²) < 4.78 is 19.3. The fraction of sp³-hybridized carbons (Fsp3) is 0. The number of nitro groups is 1. The van der Waals surface area contributed by atoms with Crippen LogP contribution in [0.2, 0.25) is 0 Å². The standard InChI is InChI=1S/C15H8FNO4/c16-11-7-3-1-5-9(11)15-13(17(19)20)14(18)10-6-2-4-8-12(10)21-15/h1-8H. The van der Waals surface area contributed by atoms with Gasteiger partial charge in [-0.3, -0.25) is 14.9 Å². The lowest BCUT2D eigenvalue weighted by molar-refractivity contribution is -0.386. The van der Waals surface area contributed by atoms with Crippen LogP contribution in [0.5, 0.6) is 0 Å². The molecule has 104 valence electrons. The van der Waals surface area contributed by atoms with Gasteiger partial charge >= 0.3 is 5.69 Å². The van der Waals surface area contributed by atoms with Crippen LogP contribution in [-0.4, -0.2) is 4.92 Å². The maximum Gasteiger partial charge on any atom is 0.359 e. The van der Waals surface area contributed by atoms with E-state index in [0.29, 0.717) is 0 Å². The van der Waals surface area contributed by atoms with Gasteiger partial charge in [-0.2, -0.15) is 0 Å². The number of hydrogen-bond donors (Lipinski definition) is 0. The van der Waals surface area contributed by atoms with Crippen LogP contribution >= 0.6 is 0 Å². The fourth-order valence-corrected chi connectivity index (χ4v) is 2.13. The van der Waals surface area contributed by atoms with E-state index in [-0.39, 0.29) is 22.3 Å². The van der Waals surface area contributed by atoms with Crippen LogP contribution < -0.4 is 5.43 Å². The van der Waals surface area contributed by atoms with Crippen LogP contribution in [0.15, 0.2) is 57.7 Å². The quantitative estimate of drug-likeness (QED) is 0.533. The van der Waals surface area contributed by atoms with Gasteiger partial charge in [0.15, 0.2) is 0 Å². The number of fused-ring (bicyclic) bond motifs is 1. The zero-order chi connectivity index (χ0) is 15.0. The number of halogens is 1. The van der Waals surface area contributed by atoms with Gasteiger partial charge in [0.25, 0.3) is 5.43 Å². The molecular formula is C15H8FNO4. The summed E-state index contributed by atoms with van der Waals surface area (Å²) in [7, 11) is 0. The molecule has 0 saturated carbocycles. The van der Waals surface area contributed by atoms with Crippen molar-refractivity contribution in [2.24, 2.45) is 0 Å². The summed E-state index contributed by atoms with van der Waals surface area (Å²) in [5.74, 6) is -1.07. The Morgan fingerprint density at radius 3 is 2.43 bits per heavy atom. The van der Waals surface area contributed by atoms with Gasteiger partial charge in [-0.25, -0.2) is 4.39 Å². The largest absolute Gasteiger partial charge is 0.448 e. The number of nitrogens with zero attached hydrogens (tertiary/aromatic N) is 1. The predicted molar refractivity (Wildman–Crippen MR) is 74.5 cm³/mol. The number of benzene rings is 2. The lowest BCUT2D eigenvalue weighted by Gasteiger charge is -2.05. The number of para-hydroxylation sites is 1. The third kappa shape index (κ3) is 2.06. The summed E-state index contributed by atoms with van der Waals surface area (Å²) in [6.07, 6.45) is 0. The Bertz CT molecular complexity index is 917. The van der Waals surface area contributed by atoms with Crippen LogP contribution in [0, 0.1) is 15.9 Å². The monoisotopic (exact) mass is 285 g/mol. The SMILES string of the molecule is O=c1c([N+](=O)[O-])c(-c2ccccc2F)oc2ccccc12. The summed E-state index contributed by atoms with van der Waals surface area (Å²) >= 11 is 0. The minimum Gasteiger partial charge on any atom is -0.448 e. The molecule has 3 aromatic rings. The molecular weight excluding hydrogens is 277 g/mol. The van der Waals surface area contributed by atoms with Crippen LogP contribution in [0.3, 0.4) is 0 Å². The molecule has 1 aromatic heterocycles. The normalized spacial score (nSPS) is 10.7. The number of hydrogen-bond acceptors (Lipinski definition) is 4. The molecule has 0 amide bonds. The molecule has 1 heterocycles. The van der Waals surface area contributed by atoms with E-state index >= 15 is 0 Å². The first-order valence-corrected chi connectivity index (χ1v) is 6.04. The molecule has 5 nitrogen and oxygen atoms in total. The summed E-state index contributed by atoms with van der Waals surface area (Å²) in [4.78, 5) is 22.6. The molecule has 0 bridgehead atoms. The van der Waals surface area contributed by atoms with Crippen LogP contribution in [0.25, 0.3) is 22.3 Å². The highest BCUT2D eigenvalue weighted by molar-refractivity contribution is 5.83. The van der Waals surface area contributed by atoms with Gasteiger partial charge in [0.05, 0.1) is 15.9 Å². The van der Waals surface area contributed by atoms with E-state index < -0.39 is 21.9 Å². The molecule has 0 aliphatic heterocycles. The molecule has 0 N–H and O–H groups in total. The lowest BCUT2D eigenvalue weighted by Crippen LogP contribution is -2.10. The Kier molecular flexibility index (Phi) is 2.98. The molecule has 3 rings (SSSR count). The third-order valence-electron chi connectivity index (χ3n) is 3.07. The molecule has 21 heavy (non-hydrogen) atoms. The van der Waals surface area contributed by atoms with Crippen LogP contribution in [0.1, 0.15) is 0 Å². The van der Waals surface area contributed by atoms with Gasteiger partial charge in [0.1, 0.15) is 11.4 Å². The second kappa shape index (κ2) is 4.82. The van der Waals surface area contributed by atoms with Crippen molar-refractivity contribution in [3.63, 3.8) is 0 Å². The van der Waals surface area contributed by atoms with E-state index in [1.807, 2.05) is 0 Å². The van der Waals surface area contributed by atoms with Crippen molar-refractivity contribution in [1.29, 1.82) is 0 Å². The van der Waals surface area contributed by atoms with Gasteiger partial charge in [-0.05, 0) is 24.3 Å². The first-order valence-electron chi connectivity index (χ1n) is 6.04. The second-order valence-corrected chi connectivity index (χ2v) is 4.34. The smallest absolute Gasteiger partial charge is 0.359 e. The van der Waals surface area contributed by atoms with Crippen molar-refractivity contribution < 1.29 is 13.7 Å². The van der Waals surface area contributed by atoms with Gasteiger partial charge in [0, 0.05) is 0 Å². The molecule has 0 aliphatic rings.